The first-order valence-corrected chi connectivity index (χ1v) is 7.97. The fraction of sp³-hybridized carbons (Fsp3) is 0.455. The number of carbonyl (C=O) groups excluding carboxylic acids is 1. The van der Waals surface area contributed by atoms with E-state index in [-0.39, 0.29) is 5.76 Å². The van der Waals surface area contributed by atoms with Crippen LogP contribution in [0.25, 0.3) is 0 Å². The van der Waals surface area contributed by atoms with Crippen molar-refractivity contribution in [2.75, 3.05) is 18.3 Å². The molecule has 2 N–H and O–H groups in total. The van der Waals surface area contributed by atoms with Gasteiger partial charge in [0.05, 0.1) is 5.75 Å². The lowest BCUT2D eigenvalue weighted by Crippen LogP contribution is -2.42. The summed E-state index contributed by atoms with van der Waals surface area (Å²) < 4.78 is 5.31. The summed E-state index contributed by atoms with van der Waals surface area (Å²) in [4.78, 5) is 22.7. The highest BCUT2D eigenvalue weighted by Gasteiger charge is 2.21. The summed E-state index contributed by atoms with van der Waals surface area (Å²) in [6.45, 7) is 0. The first kappa shape index (κ1) is 15.0. The highest BCUT2D eigenvalue weighted by atomic mass is 32.2. The number of hydrogen-bond donors (Lipinski definition) is 2. The molecule has 1 aromatic heterocycles. The molecule has 18 heavy (non-hydrogen) atoms. The van der Waals surface area contributed by atoms with E-state index in [2.05, 4.69) is 5.32 Å². The molecule has 7 heteroatoms. The van der Waals surface area contributed by atoms with E-state index in [4.69, 9.17) is 9.52 Å². The Bertz CT molecular complexity index is 419. The molecular formula is C11H15NO4S2. The maximum absolute atomic E-state index is 11.8. The Kier molecular flexibility index (Phi) is 6.14. The second kappa shape index (κ2) is 7.38. The van der Waals surface area contributed by atoms with Crippen LogP contribution >= 0.6 is 23.5 Å². The molecule has 0 spiro atoms. The smallest absolute Gasteiger partial charge is 0.327 e. The van der Waals surface area contributed by atoms with Gasteiger partial charge >= 0.3 is 5.97 Å². The predicted molar refractivity (Wildman–Crippen MR) is 73.2 cm³/mol. The van der Waals surface area contributed by atoms with Gasteiger partial charge in [0, 0.05) is 5.75 Å². The number of hydrogen-bond acceptors (Lipinski definition) is 5. The average molecular weight is 289 g/mol. The van der Waals surface area contributed by atoms with E-state index >= 15 is 0 Å². The third-order valence-electron chi connectivity index (χ3n) is 2.11. The molecule has 1 amide bonds. The Hall–Kier alpha value is -1.08. The number of carbonyl (C=O) groups is 2. The fourth-order valence-electron chi connectivity index (χ4n) is 1.29. The summed E-state index contributed by atoms with van der Waals surface area (Å²) in [5.41, 5.74) is 0. The molecule has 1 aromatic rings. The van der Waals surface area contributed by atoms with Crippen molar-refractivity contribution >= 4 is 35.4 Å². The third kappa shape index (κ3) is 4.30. The summed E-state index contributed by atoms with van der Waals surface area (Å²) in [6.07, 6.45) is 3.72. The third-order valence-corrected chi connectivity index (χ3v) is 3.35. The topological polar surface area (TPSA) is 79.5 Å². The van der Waals surface area contributed by atoms with Gasteiger partial charge in [-0.15, -0.1) is 0 Å². The number of nitrogens with one attached hydrogen (secondary N) is 1. The number of furan rings is 1. The van der Waals surface area contributed by atoms with Crippen LogP contribution in [-0.4, -0.2) is 41.3 Å². The Morgan fingerprint density at radius 3 is 2.67 bits per heavy atom. The van der Waals surface area contributed by atoms with Gasteiger partial charge in [-0.05, 0) is 24.6 Å². The van der Waals surface area contributed by atoms with Gasteiger partial charge in [0.1, 0.15) is 11.8 Å². The Morgan fingerprint density at radius 1 is 1.39 bits per heavy atom. The van der Waals surface area contributed by atoms with Gasteiger partial charge in [-0.2, -0.15) is 23.5 Å². The zero-order valence-corrected chi connectivity index (χ0v) is 11.8. The molecule has 1 rings (SSSR count). The molecule has 0 aliphatic rings. The highest BCUT2D eigenvalue weighted by Crippen LogP contribution is 2.13. The maximum Gasteiger partial charge on any atom is 0.327 e. The van der Waals surface area contributed by atoms with Crippen LogP contribution < -0.4 is 5.32 Å². The van der Waals surface area contributed by atoms with Gasteiger partial charge in [-0.1, -0.05) is 0 Å². The molecular weight excluding hydrogens is 274 g/mol. The van der Waals surface area contributed by atoms with Crippen LogP contribution in [0.2, 0.25) is 0 Å². The van der Waals surface area contributed by atoms with Crippen LogP contribution in [0.4, 0.5) is 0 Å². The molecule has 0 aliphatic heterocycles. The number of amides is 1. The van der Waals surface area contributed by atoms with Gasteiger partial charge in [0.15, 0.2) is 5.76 Å². The quantitative estimate of drug-likeness (QED) is 0.795. The number of aliphatic carboxylic acids is 1. The lowest BCUT2D eigenvalue weighted by Gasteiger charge is -2.11. The normalized spacial score (nSPS) is 12.1. The van der Waals surface area contributed by atoms with Crippen molar-refractivity contribution in [3.05, 3.63) is 23.7 Å². The van der Waals surface area contributed by atoms with E-state index < -0.39 is 17.9 Å². The van der Waals surface area contributed by atoms with Crippen molar-refractivity contribution < 1.29 is 19.1 Å². The number of carboxylic acid groups (broad SMARTS) is 1. The molecule has 0 unspecified atom stereocenters. The predicted octanol–water partition coefficient (Wildman–Crippen LogP) is 1.69. The second-order valence-electron chi connectivity index (χ2n) is 3.52. The SMILES string of the molecule is CSCc1ccc(C(=O)N[C@@H](CSC)C(=O)O)o1. The van der Waals surface area contributed by atoms with Crippen LogP contribution in [0.15, 0.2) is 16.5 Å². The fourth-order valence-corrected chi connectivity index (χ4v) is 2.29. The van der Waals surface area contributed by atoms with Crippen LogP contribution in [-0.2, 0) is 10.5 Å². The molecule has 0 saturated heterocycles. The zero-order chi connectivity index (χ0) is 13.5. The van der Waals surface area contributed by atoms with Crippen LogP contribution in [0, 0.1) is 0 Å². The number of carboxylic acids is 1. The Labute approximate surface area is 114 Å². The van der Waals surface area contributed by atoms with Gasteiger partial charge in [-0.3, -0.25) is 4.79 Å². The van der Waals surface area contributed by atoms with Gasteiger partial charge in [0.25, 0.3) is 5.91 Å². The van der Waals surface area contributed by atoms with Gasteiger partial charge in [-0.25, -0.2) is 4.79 Å². The Balaban J connectivity index is 2.64. The van der Waals surface area contributed by atoms with Crippen molar-refractivity contribution in [2.24, 2.45) is 0 Å². The van der Waals surface area contributed by atoms with E-state index in [1.54, 1.807) is 30.2 Å². The lowest BCUT2D eigenvalue weighted by molar-refractivity contribution is -0.138. The van der Waals surface area contributed by atoms with Crippen molar-refractivity contribution in [1.82, 2.24) is 5.32 Å². The van der Waals surface area contributed by atoms with Crippen molar-refractivity contribution in [2.45, 2.75) is 11.8 Å². The zero-order valence-electron chi connectivity index (χ0n) is 10.1. The van der Waals surface area contributed by atoms with E-state index in [0.717, 1.165) is 0 Å². The van der Waals surface area contributed by atoms with E-state index in [1.807, 2.05) is 6.26 Å². The molecule has 1 atom stereocenters. The molecule has 0 saturated carbocycles. The van der Waals surface area contributed by atoms with Crippen LogP contribution in [0.1, 0.15) is 16.3 Å². The lowest BCUT2D eigenvalue weighted by atomic mass is 10.3. The number of thioether (sulfide) groups is 2. The minimum atomic E-state index is -1.05. The first-order valence-electron chi connectivity index (χ1n) is 5.18. The molecule has 0 bridgehead atoms. The van der Waals surface area contributed by atoms with Crippen molar-refractivity contribution in [1.29, 1.82) is 0 Å². The highest BCUT2D eigenvalue weighted by molar-refractivity contribution is 7.98. The molecule has 1 heterocycles. The molecule has 0 aromatic carbocycles. The summed E-state index contributed by atoms with van der Waals surface area (Å²) in [5, 5.41) is 11.4. The molecule has 0 radical (unpaired) electrons. The first-order chi connectivity index (χ1) is 8.58. The monoisotopic (exact) mass is 289 g/mol. The van der Waals surface area contributed by atoms with Crippen LogP contribution in [0.3, 0.4) is 0 Å². The minimum Gasteiger partial charge on any atom is -0.480 e. The largest absolute Gasteiger partial charge is 0.480 e. The van der Waals surface area contributed by atoms with Crippen molar-refractivity contribution in [3.8, 4) is 0 Å². The van der Waals surface area contributed by atoms with Gasteiger partial charge < -0.3 is 14.8 Å². The summed E-state index contributed by atoms with van der Waals surface area (Å²) in [7, 11) is 0. The Morgan fingerprint density at radius 2 is 2.11 bits per heavy atom. The molecule has 0 fully saturated rings. The molecule has 5 nitrogen and oxygen atoms in total. The van der Waals surface area contributed by atoms with E-state index in [1.165, 1.54) is 11.8 Å². The van der Waals surface area contributed by atoms with E-state index in [9.17, 15) is 9.59 Å². The minimum absolute atomic E-state index is 0.145. The standard InChI is InChI=1S/C11H15NO4S2/c1-17-5-7-3-4-9(16-7)10(13)12-8(6-18-2)11(14)15/h3-4,8H,5-6H2,1-2H3,(H,12,13)(H,14,15)/t8-/m0/s1. The van der Waals surface area contributed by atoms with Crippen molar-refractivity contribution in [3.63, 3.8) is 0 Å². The summed E-state index contributed by atoms with van der Waals surface area (Å²) in [6, 6.07) is 2.37. The number of rotatable bonds is 7. The molecule has 0 aliphatic carbocycles. The maximum atomic E-state index is 11.8. The van der Waals surface area contributed by atoms with Gasteiger partial charge in [0.2, 0.25) is 0 Å². The second-order valence-corrected chi connectivity index (χ2v) is 5.30. The summed E-state index contributed by atoms with van der Waals surface area (Å²) in [5.74, 6) is 0.299. The average Bonchev–Trinajstić information content (AvgIpc) is 2.77. The van der Waals surface area contributed by atoms with Crippen LogP contribution in [0.5, 0.6) is 0 Å². The molecule has 100 valence electrons. The summed E-state index contributed by atoms with van der Waals surface area (Å²) >= 11 is 2.94. The van der Waals surface area contributed by atoms with E-state index in [0.29, 0.717) is 17.3 Å².